The number of rotatable bonds is 7. The molecule has 0 heterocycles. The Hall–Kier alpha value is -2.94. The van der Waals surface area contributed by atoms with Gasteiger partial charge in [-0.3, -0.25) is 9.59 Å². The molecule has 0 aliphatic rings. The number of hydrogen-bond acceptors (Lipinski definition) is 6. The first-order valence-corrected chi connectivity index (χ1v) is 8.77. The van der Waals surface area contributed by atoms with Crippen molar-refractivity contribution in [1.82, 2.24) is 10.6 Å². The molecule has 3 amide bonds. The number of alkyl carbamates (subject to hydrolysis) is 1. The molecule has 0 aromatic heterocycles. The van der Waals surface area contributed by atoms with Gasteiger partial charge in [-0.15, -0.1) is 0 Å². The second-order valence-electron chi connectivity index (χ2n) is 7.29. The number of carbonyl (C=O) groups excluding carboxylic acids is 4. The zero-order valence-electron chi connectivity index (χ0n) is 16.6. The number of carbonyl (C=O) groups is 4. The van der Waals surface area contributed by atoms with E-state index in [-0.39, 0.29) is 0 Å². The molecule has 9 nitrogen and oxygen atoms in total. The number of nitrogens with one attached hydrogen (secondary N) is 3. The van der Waals surface area contributed by atoms with Crippen LogP contribution in [0.3, 0.4) is 0 Å². The third-order valence-electron chi connectivity index (χ3n) is 3.53. The number of hydrogen-bond donors (Lipinski definition) is 4. The van der Waals surface area contributed by atoms with Crippen LogP contribution in [0, 0.1) is 0 Å². The summed E-state index contributed by atoms with van der Waals surface area (Å²) in [6.45, 7) is 8.08. The van der Waals surface area contributed by atoms with Crippen molar-refractivity contribution in [2.24, 2.45) is 0 Å². The van der Waals surface area contributed by atoms with Crippen molar-refractivity contribution >= 4 is 29.9 Å². The number of aliphatic hydroxyl groups excluding tert-OH is 1. The standard InChI is InChI=1S/C19H27N3O6/c1-11(20-16(25)12(2)21-18(27)28-19(3,4)5)17(26)22-14-8-6-13(7-9-14)15(24)10-23/h6-12,15,24H,1-5H3,(H,20,25)(H,21,27)(H,22,26)/t11-,12-,15?/m0/s1. The number of ether oxygens (including phenoxy) is 1. The number of aldehydes is 1. The Morgan fingerprint density at radius 2 is 1.54 bits per heavy atom. The minimum absolute atomic E-state index is 0.399. The van der Waals surface area contributed by atoms with Gasteiger partial charge in [0.25, 0.3) is 0 Å². The van der Waals surface area contributed by atoms with Crippen LogP contribution in [-0.4, -0.2) is 47.0 Å². The molecular weight excluding hydrogens is 366 g/mol. The summed E-state index contributed by atoms with van der Waals surface area (Å²) in [5.74, 6) is -1.01. The maximum absolute atomic E-state index is 12.2. The van der Waals surface area contributed by atoms with E-state index in [1.165, 1.54) is 38.1 Å². The summed E-state index contributed by atoms with van der Waals surface area (Å²) < 4.78 is 5.08. The van der Waals surface area contributed by atoms with Crippen molar-refractivity contribution in [2.45, 2.75) is 58.4 Å². The zero-order chi connectivity index (χ0) is 21.5. The van der Waals surface area contributed by atoms with Gasteiger partial charge in [-0.2, -0.15) is 0 Å². The van der Waals surface area contributed by atoms with Gasteiger partial charge >= 0.3 is 6.09 Å². The molecule has 0 bridgehead atoms. The molecule has 0 fully saturated rings. The first-order valence-electron chi connectivity index (χ1n) is 8.77. The number of amides is 3. The molecule has 1 rings (SSSR count). The highest BCUT2D eigenvalue weighted by Gasteiger charge is 2.23. The Balaban J connectivity index is 2.55. The zero-order valence-corrected chi connectivity index (χ0v) is 16.6. The fourth-order valence-corrected chi connectivity index (χ4v) is 2.05. The summed E-state index contributed by atoms with van der Waals surface area (Å²) in [7, 11) is 0. The fourth-order valence-electron chi connectivity index (χ4n) is 2.05. The molecule has 0 aliphatic carbocycles. The van der Waals surface area contributed by atoms with E-state index in [4.69, 9.17) is 4.74 Å². The Morgan fingerprint density at radius 3 is 2.04 bits per heavy atom. The average molecular weight is 393 g/mol. The molecule has 0 spiro atoms. The van der Waals surface area contributed by atoms with E-state index in [0.717, 1.165) is 0 Å². The third kappa shape index (κ3) is 7.75. The predicted octanol–water partition coefficient (Wildman–Crippen LogP) is 1.28. The lowest BCUT2D eigenvalue weighted by atomic mass is 10.1. The summed E-state index contributed by atoms with van der Waals surface area (Å²) in [6, 6.07) is 4.31. The van der Waals surface area contributed by atoms with Crippen LogP contribution >= 0.6 is 0 Å². The Morgan fingerprint density at radius 1 is 1.00 bits per heavy atom. The second-order valence-corrected chi connectivity index (χ2v) is 7.29. The number of benzene rings is 1. The first kappa shape index (κ1) is 23.1. The molecule has 154 valence electrons. The molecular formula is C19H27N3O6. The van der Waals surface area contributed by atoms with Crippen LogP contribution in [-0.2, 0) is 19.1 Å². The minimum atomic E-state index is -1.22. The minimum Gasteiger partial charge on any atom is -0.444 e. The van der Waals surface area contributed by atoms with Gasteiger partial charge < -0.3 is 30.6 Å². The lowest BCUT2D eigenvalue weighted by Crippen LogP contribution is -2.51. The molecule has 28 heavy (non-hydrogen) atoms. The van der Waals surface area contributed by atoms with Gasteiger partial charge in [0.2, 0.25) is 11.8 Å². The van der Waals surface area contributed by atoms with Crippen LogP contribution in [0.25, 0.3) is 0 Å². The predicted molar refractivity (Wildman–Crippen MR) is 103 cm³/mol. The quantitative estimate of drug-likeness (QED) is 0.516. The Bertz CT molecular complexity index is 711. The van der Waals surface area contributed by atoms with Crippen LogP contribution in [0.1, 0.15) is 46.3 Å². The second kappa shape index (κ2) is 9.84. The highest BCUT2D eigenvalue weighted by atomic mass is 16.6. The van der Waals surface area contributed by atoms with Gasteiger partial charge in [0, 0.05) is 5.69 Å². The topological polar surface area (TPSA) is 134 Å². The lowest BCUT2D eigenvalue weighted by Gasteiger charge is -2.22. The summed E-state index contributed by atoms with van der Waals surface area (Å²) in [5.41, 5.74) is 0.148. The Kier molecular flexibility index (Phi) is 8.12. The Labute approximate surface area is 163 Å². The van der Waals surface area contributed by atoms with Crippen LogP contribution in [0.15, 0.2) is 24.3 Å². The monoisotopic (exact) mass is 393 g/mol. The van der Waals surface area contributed by atoms with Gasteiger partial charge in [-0.1, -0.05) is 12.1 Å². The third-order valence-corrected chi connectivity index (χ3v) is 3.53. The van der Waals surface area contributed by atoms with Crippen molar-refractivity contribution in [2.75, 3.05) is 5.32 Å². The van der Waals surface area contributed by atoms with Crippen molar-refractivity contribution in [3.05, 3.63) is 29.8 Å². The molecule has 9 heteroatoms. The normalized spacial score (nSPS) is 14.2. The van der Waals surface area contributed by atoms with E-state index in [9.17, 15) is 24.3 Å². The fraction of sp³-hybridized carbons (Fsp3) is 0.474. The lowest BCUT2D eigenvalue weighted by molar-refractivity contribution is -0.127. The van der Waals surface area contributed by atoms with Gasteiger partial charge in [-0.25, -0.2) is 4.79 Å². The number of aliphatic hydroxyl groups is 1. The summed E-state index contributed by atoms with van der Waals surface area (Å²) in [5, 5.41) is 16.9. The van der Waals surface area contributed by atoms with Gasteiger partial charge in [0.1, 0.15) is 23.8 Å². The highest BCUT2D eigenvalue weighted by Crippen LogP contribution is 2.15. The van der Waals surface area contributed by atoms with E-state index in [1.807, 2.05) is 0 Å². The van der Waals surface area contributed by atoms with E-state index >= 15 is 0 Å². The SMILES string of the molecule is C[C@H](NC(=O)OC(C)(C)C)C(=O)N[C@@H](C)C(=O)Nc1ccc(C(O)C=O)cc1. The average Bonchev–Trinajstić information content (AvgIpc) is 2.59. The molecule has 0 radical (unpaired) electrons. The maximum Gasteiger partial charge on any atom is 0.408 e. The smallest absolute Gasteiger partial charge is 0.408 e. The van der Waals surface area contributed by atoms with Crippen LogP contribution in [0.4, 0.5) is 10.5 Å². The molecule has 4 N–H and O–H groups in total. The largest absolute Gasteiger partial charge is 0.444 e. The van der Waals surface area contributed by atoms with E-state index in [2.05, 4.69) is 16.0 Å². The van der Waals surface area contributed by atoms with Crippen molar-refractivity contribution in [3.63, 3.8) is 0 Å². The number of anilines is 1. The molecule has 0 aliphatic heterocycles. The van der Waals surface area contributed by atoms with E-state index in [1.54, 1.807) is 20.8 Å². The van der Waals surface area contributed by atoms with E-state index < -0.39 is 41.7 Å². The summed E-state index contributed by atoms with van der Waals surface area (Å²) in [6.07, 6.45) is -1.55. The van der Waals surface area contributed by atoms with Crippen molar-refractivity contribution < 1.29 is 29.0 Å². The highest BCUT2D eigenvalue weighted by molar-refractivity contribution is 5.97. The van der Waals surface area contributed by atoms with Crippen LogP contribution in [0.5, 0.6) is 0 Å². The van der Waals surface area contributed by atoms with Crippen LogP contribution < -0.4 is 16.0 Å². The summed E-state index contributed by atoms with van der Waals surface area (Å²) in [4.78, 5) is 46.6. The maximum atomic E-state index is 12.2. The van der Waals surface area contributed by atoms with Gasteiger partial charge in [0.15, 0.2) is 6.29 Å². The molecule has 1 unspecified atom stereocenters. The molecule has 1 aromatic rings. The van der Waals surface area contributed by atoms with Crippen LogP contribution in [0.2, 0.25) is 0 Å². The molecule has 0 saturated carbocycles. The van der Waals surface area contributed by atoms with Gasteiger partial charge in [0.05, 0.1) is 0 Å². The molecule has 1 aromatic carbocycles. The molecule has 3 atom stereocenters. The van der Waals surface area contributed by atoms with E-state index in [0.29, 0.717) is 17.5 Å². The first-order chi connectivity index (χ1) is 12.9. The van der Waals surface area contributed by atoms with Gasteiger partial charge in [-0.05, 0) is 52.3 Å². The molecule has 0 saturated heterocycles. The van der Waals surface area contributed by atoms with Crippen molar-refractivity contribution in [1.29, 1.82) is 0 Å². The van der Waals surface area contributed by atoms with Crippen molar-refractivity contribution in [3.8, 4) is 0 Å². The summed E-state index contributed by atoms with van der Waals surface area (Å²) >= 11 is 0.